The van der Waals surface area contributed by atoms with E-state index < -0.39 is 11.9 Å². The summed E-state index contributed by atoms with van der Waals surface area (Å²) in [5, 5.41) is 12.0. The van der Waals surface area contributed by atoms with Gasteiger partial charge in [0.1, 0.15) is 5.82 Å². The molecule has 9 nitrogen and oxygen atoms in total. The molecule has 0 saturated carbocycles. The Balaban J connectivity index is 1.79. The van der Waals surface area contributed by atoms with Gasteiger partial charge in [0.15, 0.2) is 0 Å². The van der Waals surface area contributed by atoms with Crippen LogP contribution in [0.25, 0.3) is 0 Å². The van der Waals surface area contributed by atoms with Crippen LogP contribution in [0.2, 0.25) is 10.0 Å². The van der Waals surface area contributed by atoms with E-state index in [9.17, 15) is 14.4 Å². The van der Waals surface area contributed by atoms with Crippen molar-refractivity contribution in [2.45, 2.75) is 26.7 Å². The fourth-order valence-electron chi connectivity index (χ4n) is 3.34. The highest BCUT2D eigenvalue weighted by molar-refractivity contribution is 6.35. The first-order valence-electron chi connectivity index (χ1n) is 11.6. The predicted molar refractivity (Wildman–Crippen MR) is 146 cm³/mol. The lowest BCUT2D eigenvalue weighted by atomic mass is 10.1. The van der Waals surface area contributed by atoms with Gasteiger partial charge in [-0.15, -0.1) is 0 Å². The molecule has 3 aromatic rings. The average Bonchev–Trinajstić information content (AvgIpc) is 2.83. The molecule has 0 radical (unpaired) electrons. The van der Waals surface area contributed by atoms with Crippen molar-refractivity contribution in [1.29, 1.82) is 0 Å². The molecule has 0 fully saturated rings. The van der Waals surface area contributed by atoms with Crippen LogP contribution in [0.3, 0.4) is 0 Å². The summed E-state index contributed by atoms with van der Waals surface area (Å²) in [4.78, 5) is 40.9. The van der Waals surface area contributed by atoms with Crippen molar-refractivity contribution in [2.75, 3.05) is 29.1 Å². The number of carbonyl (C=O) groups is 3. The number of esters is 1. The van der Waals surface area contributed by atoms with Gasteiger partial charge in [0, 0.05) is 46.6 Å². The number of anilines is 4. The van der Waals surface area contributed by atoms with Gasteiger partial charge in [-0.25, -0.2) is 9.78 Å². The number of pyridine rings is 1. The zero-order valence-electron chi connectivity index (χ0n) is 20.4. The maximum Gasteiger partial charge on any atom is 0.320 e. The molecule has 194 valence electrons. The lowest BCUT2D eigenvalue weighted by Gasteiger charge is -2.15. The van der Waals surface area contributed by atoms with Crippen molar-refractivity contribution in [1.82, 2.24) is 10.3 Å². The predicted octanol–water partition coefficient (Wildman–Crippen LogP) is 6.02. The van der Waals surface area contributed by atoms with Crippen LogP contribution in [0.4, 0.5) is 27.7 Å². The number of urea groups is 1. The molecule has 2 aromatic carbocycles. The second-order valence-corrected chi connectivity index (χ2v) is 8.71. The van der Waals surface area contributed by atoms with Crippen molar-refractivity contribution in [2.24, 2.45) is 0 Å². The minimum atomic E-state index is -0.424. The average molecular weight is 544 g/mol. The van der Waals surface area contributed by atoms with E-state index in [1.165, 1.54) is 12.3 Å². The van der Waals surface area contributed by atoms with E-state index in [1.807, 2.05) is 12.1 Å². The van der Waals surface area contributed by atoms with Gasteiger partial charge in [-0.3, -0.25) is 14.9 Å². The van der Waals surface area contributed by atoms with E-state index in [4.69, 9.17) is 27.9 Å². The quantitative estimate of drug-likeness (QED) is 0.232. The first-order chi connectivity index (χ1) is 17.8. The number of amides is 3. The van der Waals surface area contributed by atoms with Crippen LogP contribution in [0.5, 0.6) is 0 Å². The molecule has 0 aliphatic heterocycles. The van der Waals surface area contributed by atoms with Gasteiger partial charge in [-0.1, -0.05) is 35.3 Å². The Hall–Kier alpha value is -3.82. The number of ether oxygens (including phenoxy) is 1. The summed E-state index contributed by atoms with van der Waals surface area (Å²) in [6.07, 6.45) is 2.18. The number of aromatic nitrogens is 1. The number of aryl methyl sites for hydroxylation is 1. The fourth-order valence-corrected chi connectivity index (χ4v) is 3.87. The van der Waals surface area contributed by atoms with Gasteiger partial charge in [-0.2, -0.15) is 0 Å². The lowest BCUT2D eigenvalue weighted by molar-refractivity contribution is -0.143. The van der Waals surface area contributed by atoms with Gasteiger partial charge in [0.2, 0.25) is 0 Å². The zero-order valence-corrected chi connectivity index (χ0v) is 21.9. The Kier molecular flexibility index (Phi) is 10.1. The highest BCUT2D eigenvalue weighted by Crippen LogP contribution is 2.28. The minimum absolute atomic E-state index is 0.226. The van der Waals surface area contributed by atoms with E-state index in [-0.39, 0.29) is 23.8 Å². The normalized spacial score (nSPS) is 10.4. The molecule has 0 saturated heterocycles. The van der Waals surface area contributed by atoms with Gasteiger partial charge in [-0.05, 0) is 56.2 Å². The number of hydrogen-bond acceptors (Lipinski definition) is 6. The van der Waals surface area contributed by atoms with Crippen LogP contribution >= 0.6 is 23.2 Å². The topological polar surface area (TPSA) is 121 Å². The Morgan fingerprint density at radius 1 is 0.919 bits per heavy atom. The molecule has 4 N–H and O–H groups in total. The first-order valence-corrected chi connectivity index (χ1v) is 12.4. The number of benzene rings is 2. The third-order valence-electron chi connectivity index (χ3n) is 5.00. The molecule has 1 heterocycles. The second kappa shape index (κ2) is 13.5. The van der Waals surface area contributed by atoms with Crippen LogP contribution in [0, 0.1) is 0 Å². The molecule has 0 bridgehead atoms. The van der Waals surface area contributed by atoms with Crippen LogP contribution in [0.15, 0.2) is 54.7 Å². The van der Waals surface area contributed by atoms with Crippen molar-refractivity contribution in [3.05, 3.63) is 75.9 Å². The monoisotopic (exact) mass is 543 g/mol. The molecule has 37 heavy (non-hydrogen) atoms. The molecular weight excluding hydrogens is 517 g/mol. The summed E-state index contributed by atoms with van der Waals surface area (Å²) in [7, 11) is 0. The smallest absolute Gasteiger partial charge is 0.320 e. The number of nitrogens with one attached hydrogen (secondary N) is 4. The maximum atomic E-state index is 13.2. The summed E-state index contributed by atoms with van der Waals surface area (Å²) in [5.41, 5.74) is 2.65. The second-order valence-electron chi connectivity index (χ2n) is 7.84. The van der Waals surface area contributed by atoms with Crippen molar-refractivity contribution < 1.29 is 19.1 Å². The van der Waals surface area contributed by atoms with Crippen molar-refractivity contribution in [3.8, 4) is 0 Å². The van der Waals surface area contributed by atoms with Gasteiger partial charge in [0.05, 0.1) is 17.9 Å². The molecule has 0 unspecified atom stereocenters. The third-order valence-corrected chi connectivity index (χ3v) is 5.44. The molecule has 11 heteroatoms. The number of hydrogen-bond donors (Lipinski definition) is 4. The summed E-state index contributed by atoms with van der Waals surface area (Å²) < 4.78 is 4.95. The summed E-state index contributed by atoms with van der Waals surface area (Å²) in [6.45, 7) is 4.36. The molecule has 3 amide bonds. The Morgan fingerprint density at radius 2 is 1.62 bits per heavy atom. The standard InChI is InChI=1S/C26H27Cl2N5O4/c1-3-29-26(36)33-23-14-22(31-20-12-17(27)11-18(28)13-20)21(15-30-23)25(35)32-19-8-5-16(6-9-19)7-10-24(34)37-4-2/h5-6,8-9,11-15H,3-4,7,10H2,1-2H3,(H,32,35)(H3,29,30,31,33,36). The van der Waals surface area contributed by atoms with Crippen LogP contribution in [-0.2, 0) is 16.0 Å². The molecule has 0 atom stereocenters. The van der Waals surface area contributed by atoms with Crippen LogP contribution < -0.4 is 21.3 Å². The SMILES string of the molecule is CCNC(=O)Nc1cc(Nc2cc(Cl)cc(Cl)c2)c(C(=O)Nc2ccc(CCC(=O)OCC)cc2)cn1. The van der Waals surface area contributed by atoms with Crippen LogP contribution in [-0.4, -0.2) is 36.0 Å². The summed E-state index contributed by atoms with van der Waals surface area (Å²) in [5.74, 6) is -0.436. The molecule has 3 rings (SSSR count). The fraction of sp³-hybridized carbons (Fsp3) is 0.231. The van der Waals surface area contributed by atoms with E-state index in [0.717, 1.165) is 5.56 Å². The summed E-state index contributed by atoms with van der Waals surface area (Å²) >= 11 is 12.2. The molecule has 0 aliphatic carbocycles. The largest absolute Gasteiger partial charge is 0.466 e. The van der Waals surface area contributed by atoms with E-state index in [1.54, 1.807) is 44.2 Å². The van der Waals surface area contributed by atoms with E-state index in [0.29, 0.717) is 46.7 Å². The van der Waals surface area contributed by atoms with Gasteiger partial charge < -0.3 is 20.7 Å². The number of halogens is 2. The lowest BCUT2D eigenvalue weighted by Crippen LogP contribution is -2.28. The first kappa shape index (κ1) is 27.8. The number of carbonyl (C=O) groups excluding carboxylic acids is 3. The van der Waals surface area contributed by atoms with Gasteiger partial charge >= 0.3 is 12.0 Å². The van der Waals surface area contributed by atoms with Gasteiger partial charge in [0.25, 0.3) is 5.91 Å². The van der Waals surface area contributed by atoms with Crippen molar-refractivity contribution >= 4 is 64.0 Å². The Morgan fingerprint density at radius 3 is 2.27 bits per heavy atom. The highest BCUT2D eigenvalue weighted by Gasteiger charge is 2.16. The number of rotatable bonds is 10. The maximum absolute atomic E-state index is 13.2. The minimum Gasteiger partial charge on any atom is -0.466 e. The highest BCUT2D eigenvalue weighted by atomic mass is 35.5. The molecule has 0 aliphatic rings. The van der Waals surface area contributed by atoms with E-state index in [2.05, 4.69) is 26.3 Å². The van der Waals surface area contributed by atoms with Crippen LogP contribution in [0.1, 0.15) is 36.2 Å². The van der Waals surface area contributed by atoms with E-state index >= 15 is 0 Å². The Bertz CT molecular complexity index is 1250. The zero-order chi connectivity index (χ0) is 26.8. The number of nitrogens with zero attached hydrogens (tertiary/aromatic N) is 1. The Labute approximate surface area is 224 Å². The molecule has 0 spiro atoms. The van der Waals surface area contributed by atoms with Crippen molar-refractivity contribution in [3.63, 3.8) is 0 Å². The summed E-state index contributed by atoms with van der Waals surface area (Å²) in [6, 6.07) is 13.2. The molecule has 1 aromatic heterocycles. The molecular formula is C26H27Cl2N5O4. The third kappa shape index (κ3) is 8.66.